The lowest BCUT2D eigenvalue weighted by atomic mass is 10.2. The predicted octanol–water partition coefficient (Wildman–Crippen LogP) is 2.38. The SMILES string of the molecule is COC(=O)c1ccccc1NC1=NCCCS1. The second-order valence-electron chi connectivity index (χ2n) is 3.55. The molecule has 0 aromatic heterocycles. The number of aliphatic imine (C=N–C) groups is 1. The second-order valence-corrected chi connectivity index (χ2v) is 4.63. The van der Waals surface area contributed by atoms with E-state index < -0.39 is 0 Å². The van der Waals surface area contributed by atoms with Crippen LogP contribution in [0.25, 0.3) is 0 Å². The molecule has 5 heteroatoms. The Morgan fingerprint density at radius 2 is 2.29 bits per heavy atom. The van der Waals surface area contributed by atoms with Gasteiger partial charge in [0, 0.05) is 12.3 Å². The predicted molar refractivity (Wildman–Crippen MR) is 70.8 cm³/mol. The summed E-state index contributed by atoms with van der Waals surface area (Å²) >= 11 is 1.67. The highest BCUT2D eigenvalue weighted by atomic mass is 32.2. The molecule has 1 aromatic rings. The first-order valence-corrected chi connectivity index (χ1v) is 6.41. The van der Waals surface area contributed by atoms with Crippen LogP contribution in [-0.2, 0) is 4.74 Å². The molecule has 2 rings (SSSR count). The number of carbonyl (C=O) groups excluding carboxylic acids is 1. The molecule has 0 radical (unpaired) electrons. The van der Waals surface area contributed by atoms with E-state index in [1.54, 1.807) is 17.8 Å². The highest BCUT2D eigenvalue weighted by Crippen LogP contribution is 2.20. The molecule has 0 bridgehead atoms. The minimum atomic E-state index is -0.338. The fourth-order valence-corrected chi connectivity index (χ4v) is 2.36. The molecule has 0 unspecified atom stereocenters. The molecule has 0 aliphatic carbocycles. The van der Waals surface area contributed by atoms with Crippen molar-refractivity contribution in [1.82, 2.24) is 0 Å². The fraction of sp³-hybridized carbons (Fsp3) is 0.333. The molecule has 1 aromatic carbocycles. The number of hydrogen-bond acceptors (Lipinski definition) is 5. The molecular formula is C12H14N2O2S. The van der Waals surface area contributed by atoms with Crippen molar-refractivity contribution in [3.05, 3.63) is 29.8 Å². The van der Waals surface area contributed by atoms with Gasteiger partial charge in [0.15, 0.2) is 5.17 Å². The Labute approximate surface area is 104 Å². The third-order valence-corrected chi connectivity index (χ3v) is 3.37. The minimum absolute atomic E-state index is 0.338. The Morgan fingerprint density at radius 3 is 3.00 bits per heavy atom. The van der Waals surface area contributed by atoms with Crippen molar-refractivity contribution in [2.24, 2.45) is 4.99 Å². The Morgan fingerprint density at radius 1 is 1.47 bits per heavy atom. The van der Waals surface area contributed by atoms with E-state index in [0.717, 1.165) is 29.6 Å². The summed E-state index contributed by atoms with van der Waals surface area (Å²) in [6.45, 7) is 0.843. The molecule has 0 atom stereocenters. The van der Waals surface area contributed by atoms with Crippen LogP contribution in [-0.4, -0.2) is 30.5 Å². The molecule has 0 amide bonds. The number of amidine groups is 1. The molecule has 1 heterocycles. The van der Waals surface area contributed by atoms with Gasteiger partial charge >= 0.3 is 5.97 Å². The first-order valence-electron chi connectivity index (χ1n) is 5.43. The minimum Gasteiger partial charge on any atom is -0.465 e. The fourth-order valence-electron chi connectivity index (χ4n) is 1.53. The molecule has 90 valence electrons. The van der Waals surface area contributed by atoms with E-state index >= 15 is 0 Å². The monoisotopic (exact) mass is 250 g/mol. The van der Waals surface area contributed by atoms with Gasteiger partial charge in [-0.25, -0.2) is 4.79 Å². The molecule has 0 saturated carbocycles. The summed E-state index contributed by atoms with van der Waals surface area (Å²) in [7, 11) is 1.38. The van der Waals surface area contributed by atoms with Gasteiger partial charge in [-0.2, -0.15) is 0 Å². The van der Waals surface area contributed by atoms with Crippen LogP contribution in [0.3, 0.4) is 0 Å². The number of carbonyl (C=O) groups is 1. The molecule has 1 aliphatic rings. The molecule has 0 saturated heterocycles. The van der Waals surface area contributed by atoms with Crippen LogP contribution in [0.15, 0.2) is 29.3 Å². The standard InChI is InChI=1S/C12H14N2O2S/c1-16-11(15)9-5-2-3-6-10(9)14-12-13-7-4-8-17-12/h2-3,5-6H,4,7-8H2,1H3,(H,13,14). The number of methoxy groups -OCH3 is 1. The van der Waals surface area contributed by atoms with Gasteiger partial charge in [0.1, 0.15) is 0 Å². The van der Waals surface area contributed by atoms with E-state index in [2.05, 4.69) is 10.3 Å². The molecule has 1 N–H and O–H groups in total. The molecule has 0 spiro atoms. The first kappa shape index (κ1) is 12.0. The summed E-state index contributed by atoms with van der Waals surface area (Å²) in [5, 5.41) is 4.04. The zero-order valence-corrected chi connectivity index (χ0v) is 10.4. The van der Waals surface area contributed by atoms with Gasteiger partial charge in [-0.3, -0.25) is 4.99 Å². The van der Waals surface area contributed by atoms with Crippen molar-refractivity contribution in [1.29, 1.82) is 0 Å². The van der Waals surface area contributed by atoms with E-state index in [1.165, 1.54) is 7.11 Å². The average molecular weight is 250 g/mol. The topological polar surface area (TPSA) is 50.7 Å². The lowest BCUT2D eigenvalue weighted by Crippen LogP contribution is -2.16. The van der Waals surface area contributed by atoms with Gasteiger partial charge in [-0.15, -0.1) is 0 Å². The van der Waals surface area contributed by atoms with E-state index in [0.29, 0.717) is 5.56 Å². The van der Waals surface area contributed by atoms with Crippen molar-refractivity contribution < 1.29 is 9.53 Å². The van der Waals surface area contributed by atoms with Crippen LogP contribution >= 0.6 is 11.8 Å². The zero-order chi connectivity index (χ0) is 12.1. The number of hydrogen-bond donors (Lipinski definition) is 1. The van der Waals surface area contributed by atoms with Crippen LogP contribution in [0.5, 0.6) is 0 Å². The van der Waals surface area contributed by atoms with E-state index in [4.69, 9.17) is 4.74 Å². The molecule has 1 aliphatic heterocycles. The lowest BCUT2D eigenvalue weighted by molar-refractivity contribution is 0.0602. The van der Waals surface area contributed by atoms with Crippen molar-refractivity contribution in [2.45, 2.75) is 6.42 Å². The van der Waals surface area contributed by atoms with Crippen LogP contribution in [0, 0.1) is 0 Å². The summed E-state index contributed by atoms with van der Waals surface area (Å²) in [6.07, 6.45) is 1.11. The summed E-state index contributed by atoms with van der Waals surface area (Å²) in [5.41, 5.74) is 1.27. The number of ether oxygens (including phenoxy) is 1. The van der Waals surface area contributed by atoms with Crippen LogP contribution in [0.4, 0.5) is 5.69 Å². The number of thioether (sulfide) groups is 1. The second kappa shape index (κ2) is 5.72. The highest BCUT2D eigenvalue weighted by Gasteiger charge is 2.13. The van der Waals surface area contributed by atoms with Crippen LogP contribution in [0.1, 0.15) is 16.8 Å². The first-order chi connectivity index (χ1) is 8.31. The van der Waals surface area contributed by atoms with Gasteiger partial charge < -0.3 is 10.1 Å². The number of esters is 1. The quantitative estimate of drug-likeness (QED) is 0.819. The maximum atomic E-state index is 11.6. The Hall–Kier alpha value is -1.49. The summed E-state index contributed by atoms with van der Waals surface area (Å²) in [5.74, 6) is 0.723. The van der Waals surface area contributed by atoms with E-state index in [9.17, 15) is 4.79 Å². The Kier molecular flexibility index (Phi) is 4.03. The zero-order valence-electron chi connectivity index (χ0n) is 9.60. The average Bonchev–Trinajstić information content (AvgIpc) is 2.40. The molecule has 4 nitrogen and oxygen atoms in total. The highest BCUT2D eigenvalue weighted by molar-refractivity contribution is 8.14. The maximum Gasteiger partial charge on any atom is 0.339 e. The molecule has 17 heavy (non-hydrogen) atoms. The van der Waals surface area contributed by atoms with E-state index in [-0.39, 0.29) is 5.97 Å². The number of anilines is 1. The van der Waals surface area contributed by atoms with Crippen LogP contribution < -0.4 is 5.32 Å². The largest absolute Gasteiger partial charge is 0.465 e. The van der Waals surface area contributed by atoms with Gasteiger partial charge in [0.05, 0.1) is 18.4 Å². The number of para-hydroxylation sites is 1. The van der Waals surface area contributed by atoms with Gasteiger partial charge in [-0.05, 0) is 18.6 Å². The van der Waals surface area contributed by atoms with Gasteiger partial charge in [-0.1, -0.05) is 23.9 Å². The number of benzene rings is 1. The lowest BCUT2D eigenvalue weighted by Gasteiger charge is -2.15. The number of nitrogens with zero attached hydrogens (tertiary/aromatic N) is 1. The summed E-state index contributed by atoms with van der Waals surface area (Å²) < 4.78 is 4.74. The Balaban J connectivity index is 2.20. The van der Waals surface area contributed by atoms with Crippen molar-refractivity contribution in [2.75, 3.05) is 24.7 Å². The summed E-state index contributed by atoms with van der Waals surface area (Å²) in [6, 6.07) is 7.28. The smallest absolute Gasteiger partial charge is 0.339 e. The van der Waals surface area contributed by atoms with Gasteiger partial charge in [0.2, 0.25) is 0 Å². The van der Waals surface area contributed by atoms with Crippen molar-refractivity contribution in [3.63, 3.8) is 0 Å². The maximum absolute atomic E-state index is 11.6. The van der Waals surface area contributed by atoms with Gasteiger partial charge in [0.25, 0.3) is 0 Å². The number of rotatable bonds is 2. The van der Waals surface area contributed by atoms with Crippen LogP contribution in [0.2, 0.25) is 0 Å². The molecular weight excluding hydrogens is 236 g/mol. The normalized spacial score (nSPS) is 15.0. The third kappa shape index (κ3) is 3.00. The summed E-state index contributed by atoms with van der Waals surface area (Å²) in [4.78, 5) is 15.9. The third-order valence-electron chi connectivity index (χ3n) is 2.37. The van der Waals surface area contributed by atoms with E-state index in [1.807, 2.05) is 18.2 Å². The molecule has 0 fully saturated rings. The van der Waals surface area contributed by atoms with Crippen molar-refractivity contribution >= 4 is 28.6 Å². The van der Waals surface area contributed by atoms with Crippen molar-refractivity contribution in [3.8, 4) is 0 Å². The Bertz CT molecular complexity index is 446. The number of nitrogens with one attached hydrogen (secondary N) is 1.